The van der Waals surface area contributed by atoms with E-state index in [9.17, 15) is 13.6 Å². The highest BCUT2D eigenvalue weighted by molar-refractivity contribution is 5.91. The summed E-state index contributed by atoms with van der Waals surface area (Å²) < 4.78 is 33.5. The molecule has 0 fully saturated rings. The Balaban J connectivity index is 2.19. The number of ether oxygens (including phenoxy) is 1. The Morgan fingerprint density at radius 1 is 1.26 bits per heavy atom. The maximum absolute atomic E-state index is 14.3. The quantitative estimate of drug-likeness (QED) is 0.269. The first-order chi connectivity index (χ1) is 14.8. The van der Waals surface area contributed by atoms with Crippen molar-refractivity contribution in [2.75, 3.05) is 18.2 Å². The van der Waals surface area contributed by atoms with E-state index >= 15 is 0 Å². The monoisotopic (exact) mass is 428 g/mol. The molecular formula is C23H26F2N4O2. The number of benzene rings is 2. The van der Waals surface area contributed by atoms with Crippen molar-refractivity contribution in [3.05, 3.63) is 65.9 Å². The molecule has 8 heteroatoms. The van der Waals surface area contributed by atoms with Crippen molar-refractivity contribution in [2.24, 2.45) is 17.7 Å². The van der Waals surface area contributed by atoms with E-state index in [0.717, 1.165) is 24.1 Å². The van der Waals surface area contributed by atoms with Gasteiger partial charge in [0.2, 0.25) is 5.91 Å². The number of nitrogens with two attached hydrogens (primary N) is 2. The highest BCUT2D eigenvalue weighted by Crippen LogP contribution is 2.45. The number of carbonyl (C=O) groups is 1. The third kappa shape index (κ3) is 4.39. The number of hydrogen-bond donors (Lipinski definition) is 3. The molecular weight excluding hydrogens is 402 g/mol. The fourth-order valence-corrected chi connectivity index (χ4v) is 3.64. The number of allylic oxidation sites excluding steroid dienone is 3. The summed E-state index contributed by atoms with van der Waals surface area (Å²) in [5.74, 6) is 3.38. The number of nitrogens with one attached hydrogen (secondary N) is 1. The summed E-state index contributed by atoms with van der Waals surface area (Å²) in [6.45, 7) is 3.86. The molecule has 0 radical (unpaired) electrons. The number of carbonyl (C=O) groups excluding carboxylic acids is 1. The zero-order valence-electron chi connectivity index (χ0n) is 17.7. The van der Waals surface area contributed by atoms with Crippen molar-refractivity contribution in [1.29, 1.82) is 0 Å². The van der Waals surface area contributed by atoms with Crippen LogP contribution in [0, 0.1) is 23.5 Å². The lowest BCUT2D eigenvalue weighted by Gasteiger charge is -2.33. The van der Waals surface area contributed by atoms with E-state index in [4.69, 9.17) is 16.3 Å². The van der Waals surface area contributed by atoms with Gasteiger partial charge in [-0.3, -0.25) is 10.6 Å². The number of halogens is 2. The van der Waals surface area contributed by atoms with E-state index in [-0.39, 0.29) is 34.9 Å². The van der Waals surface area contributed by atoms with Crippen LogP contribution in [0.2, 0.25) is 0 Å². The average molecular weight is 428 g/mol. The van der Waals surface area contributed by atoms with Crippen LogP contribution in [0.15, 0.2) is 48.7 Å². The summed E-state index contributed by atoms with van der Waals surface area (Å²) in [7, 11) is 1.68. The Kier molecular flexibility index (Phi) is 6.60. The predicted octanol–water partition coefficient (Wildman–Crippen LogP) is 4.66. The van der Waals surface area contributed by atoms with E-state index in [1.807, 2.05) is 26.0 Å². The molecule has 0 spiro atoms. The van der Waals surface area contributed by atoms with Gasteiger partial charge in [-0.2, -0.15) is 0 Å². The first-order valence-electron chi connectivity index (χ1n) is 9.95. The van der Waals surface area contributed by atoms with Crippen LogP contribution in [-0.2, 0) is 4.79 Å². The van der Waals surface area contributed by atoms with Gasteiger partial charge in [-0.1, -0.05) is 26.0 Å². The second kappa shape index (κ2) is 9.18. The van der Waals surface area contributed by atoms with Crippen molar-refractivity contribution in [2.45, 2.75) is 20.3 Å². The zero-order valence-corrected chi connectivity index (χ0v) is 17.7. The molecule has 1 heterocycles. The molecule has 2 aromatic carbocycles. The van der Waals surface area contributed by atoms with Gasteiger partial charge < -0.3 is 20.8 Å². The molecule has 3 rings (SSSR count). The summed E-state index contributed by atoms with van der Waals surface area (Å²) in [6, 6.07) is 6.45. The van der Waals surface area contributed by atoms with Crippen molar-refractivity contribution in [3.8, 4) is 11.5 Å². The Morgan fingerprint density at radius 2 is 2.00 bits per heavy atom. The smallest absolute Gasteiger partial charge is 0.230 e. The van der Waals surface area contributed by atoms with Crippen LogP contribution in [0.4, 0.5) is 20.2 Å². The first kappa shape index (κ1) is 22.3. The van der Waals surface area contributed by atoms with Gasteiger partial charge in [-0.15, -0.1) is 0 Å². The van der Waals surface area contributed by atoms with Crippen LogP contribution in [0.25, 0.3) is 5.57 Å². The Hall–Kier alpha value is -3.39. The van der Waals surface area contributed by atoms with E-state index in [1.165, 1.54) is 11.0 Å². The topological polar surface area (TPSA) is 93.6 Å². The van der Waals surface area contributed by atoms with Crippen LogP contribution < -0.4 is 21.7 Å². The van der Waals surface area contributed by atoms with Crippen molar-refractivity contribution < 1.29 is 18.3 Å². The Bertz CT molecular complexity index is 1050. The number of rotatable bonds is 6. The first-order valence-corrected chi connectivity index (χ1v) is 9.95. The Labute approximate surface area is 180 Å². The number of nitrogen functional groups attached to an aromatic ring is 2. The summed E-state index contributed by atoms with van der Waals surface area (Å²) >= 11 is 0. The summed E-state index contributed by atoms with van der Waals surface area (Å²) in [5.41, 5.74) is 10.7. The van der Waals surface area contributed by atoms with Crippen LogP contribution in [-0.4, -0.2) is 17.9 Å². The molecule has 1 aliphatic rings. The molecule has 164 valence electrons. The van der Waals surface area contributed by atoms with Gasteiger partial charge in [0.25, 0.3) is 0 Å². The summed E-state index contributed by atoms with van der Waals surface area (Å²) in [4.78, 5) is 14.1. The second-order valence-corrected chi connectivity index (χ2v) is 7.41. The molecule has 1 aliphatic heterocycles. The fraction of sp³-hybridized carbons (Fsp3) is 0.261. The molecule has 2 unspecified atom stereocenters. The van der Waals surface area contributed by atoms with Gasteiger partial charge in [0.1, 0.15) is 11.5 Å². The number of anilines is 2. The highest BCUT2D eigenvalue weighted by Gasteiger charge is 2.34. The van der Waals surface area contributed by atoms with Crippen molar-refractivity contribution in [3.63, 3.8) is 0 Å². The van der Waals surface area contributed by atoms with E-state index in [2.05, 4.69) is 5.43 Å². The third-order valence-corrected chi connectivity index (χ3v) is 5.32. The van der Waals surface area contributed by atoms with Gasteiger partial charge in [0, 0.05) is 36.7 Å². The molecule has 0 aromatic heterocycles. The summed E-state index contributed by atoms with van der Waals surface area (Å²) in [5, 5.41) is 0. The predicted molar refractivity (Wildman–Crippen MR) is 118 cm³/mol. The zero-order chi connectivity index (χ0) is 22.7. The maximum atomic E-state index is 14.3. The van der Waals surface area contributed by atoms with Crippen molar-refractivity contribution >= 4 is 22.9 Å². The molecule has 1 amide bonds. The Morgan fingerprint density at radius 3 is 2.65 bits per heavy atom. The number of hydrazine groups is 1. The molecule has 0 aliphatic carbocycles. The molecule has 0 saturated carbocycles. The molecule has 31 heavy (non-hydrogen) atoms. The van der Waals surface area contributed by atoms with E-state index < -0.39 is 11.6 Å². The lowest BCUT2D eigenvalue weighted by atomic mass is 9.80. The van der Waals surface area contributed by atoms with E-state index in [1.54, 1.807) is 25.4 Å². The average Bonchev–Trinajstić information content (AvgIpc) is 2.74. The maximum Gasteiger partial charge on any atom is 0.230 e. The minimum atomic E-state index is -0.864. The normalized spacial score (nSPS) is 19.0. The van der Waals surface area contributed by atoms with Gasteiger partial charge in [0.15, 0.2) is 17.3 Å². The molecule has 0 saturated heterocycles. The van der Waals surface area contributed by atoms with Gasteiger partial charge >= 0.3 is 0 Å². The number of hydrogen-bond acceptors (Lipinski definition) is 5. The van der Waals surface area contributed by atoms with Gasteiger partial charge in [-0.25, -0.2) is 8.78 Å². The lowest BCUT2D eigenvalue weighted by molar-refractivity contribution is -0.132. The molecule has 2 atom stereocenters. The van der Waals surface area contributed by atoms with Crippen LogP contribution >= 0.6 is 0 Å². The summed E-state index contributed by atoms with van der Waals surface area (Å²) in [6.07, 6.45) is 6.51. The van der Waals surface area contributed by atoms with Crippen LogP contribution in [0.5, 0.6) is 11.5 Å². The SMILES string of the molecule is CC/C=C\C1C(c2ccc(NN)c(N)c2Oc2ccc(F)cc2F)=CN(C)C(=O)C1C. The van der Waals surface area contributed by atoms with Gasteiger partial charge in [-0.05, 0) is 36.3 Å². The largest absolute Gasteiger partial charge is 0.451 e. The molecule has 6 nitrogen and oxygen atoms in total. The minimum absolute atomic E-state index is 0.0187. The molecule has 2 aromatic rings. The highest BCUT2D eigenvalue weighted by atomic mass is 19.1. The van der Waals surface area contributed by atoms with Crippen LogP contribution in [0.3, 0.4) is 0 Å². The molecule has 0 bridgehead atoms. The number of amides is 1. The lowest BCUT2D eigenvalue weighted by Crippen LogP contribution is -2.36. The fourth-order valence-electron chi connectivity index (χ4n) is 3.64. The minimum Gasteiger partial charge on any atom is -0.451 e. The standard InChI is InChI=1S/C23H26F2N4O2/c1-4-5-6-15-13(2)23(30)29(3)12-17(15)16-8-9-19(28-27)21(26)22(16)31-20-10-7-14(24)11-18(20)25/h5-13,15,28H,4,26-27H2,1-3H3/b6-5-. The van der Waals surface area contributed by atoms with Gasteiger partial charge in [0.05, 0.1) is 5.69 Å². The van der Waals surface area contributed by atoms with Crippen molar-refractivity contribution in [1.82, 2.24) is 4.90 Å². The third-order valence-electron chi connectivity index (χ3n) is 5.32. The second-order valence-electron chi connectivity index (χ2n) is 7.41. The van der Waals surface area contributed by atoms with Crippen LogP contribution in [0.1, 0.15) is 25.8 Å². The number of nitrogens with zero attached hydrogens (tertiary/aromatic N) is 1. The van der Waals surface area contributed by atoms with E-state index in [0.29, 0.717) is 11.3 Å². The molecule has 5 N–H and O–H groups in total.